The highest BCUT2D eigenvalue weighted by Gasteiger charge is 2.42. The SMILES string of the molecule is CN1CCOC2(CCN(S(=O)(=O)c3cccc(C(F)(F)F)c3)CC2)C1. The molecule has 0 radical (unpaired) electrons. The minimum absolute atomic E-state index is 0.242. The summed E-state index contributed by atoms with van der Waals surface area (Å²) >= 11 is 0. The van der Waals surface area contributed by atoms with Gasteiger partial charge in [-0.15, -0.1) is 0 Å². The third-order valence-electron chi connectivity index (χ3n) is 4.87. The van der Waals surface area contributed by atoms with E-state index < -0.39 is 21.8 Å². The van der Waals surface area contributed by atoms with Crippen LogP contribution in [0.2, 0.25) is 0 Å². The van der Waals surface area contributed by atoms with Crippen molar-refractivity contribution in [1.29, 1.82) is 0 Å². The molecule has 1 spiro atoms. The maximum Gasteiger partial charge on any atom is 0.416 e. The van der Waals surface area contributed by atoms with Gasteiger partial charge in [0.2, 0.25) is 10.0 Å². The molecule has 2 saturated heterocycles. The van der Waals surface area contributed by atoms with Crippen molar-refractivity contribution < 1.29 is 26.3 Å². The number of benzene rings is 1. The van der Waals surface area contributed by atoms with E-state index in [0.29, 0.717) is 25.5 Å². The average Bonchev–Trinajstić information content (AvgIpc) is 2.54. The van der Waals surface area contributed by atoms with Crippen molar-refractivity contribution in [2.75, 3.05) is 39.8 Å². The smallest absolute Gasteiger partial charge is 0.372 e. The summed E-state index contributed by atoms with van der Waals surface area (Å²) in [6, 6.07) is 3.90. The van der Waals surface area contributed by atoms with Gasteiger partial charge in [-0.3, -0.25) is 0 Å². The van der Waals surface area contributed by atoms with Gasteiger partial charge in [0.25, 0.3) is 0 Å². The van der Waals surface area contributed by atoms with Gasteiger partial charge in [-0.1, -0.05) is 6.07 Å². The van der Waals surface area contributed by atoms with Gasteiger partial charge in [-0.25, -0.2) is 8.42 Å². The highest BCUT2D eigenvalue weighted by atomic mass is 32.2. The second kappa shape index (κ2) is 6.53. The molecule has 1 aromatic carbocycles. The van der Waals surface area contributed by atoms with E-state index in [0.717, 1.165) is 25.2 Å². The Morgan fingerprint density at radius 2 is 1.84 bits per heavy atom. The van der Waals surface area contributed by atoms with E-state index in [1.165, 1.54) is 10.4 Å². The van der Waals surface area contributed by atoms with Crippen LogP contribution in [-0.4, -0.2) is 63.1 Å². The van der Waals surface area contributed by atoms with E-state index in [1.54, 1.807) is 0 Å². The summed E-state index contributed by atoms with van der Waals surface area (Å²) in [5.74, 6) is 0. The fraction of sp³-hybridized carbons (Fsp3) is 0.625. The van der Waals surface area contributed by atoms with Crippen LogP contribution in [0.15, 0.2) is 29.2 Å². The van der Waals surface area contributed by atoms with E-state index in [9.17, 15) is 21.6 Å². The Bertz CT molecular complexity index is 728. The Morgan fingerprint density at radius 1 is 1.16 bits per heavy atom. The molecule has 140 valence electrons. The summed E-state index contributed by atoms with van der Waals surface area (Å²) in [6.07, 6.45) is -3.50. The number of halogens is 3. The third kappa shape index (κ3) is 3.84. The molecule has 0 atom stereocenters. The van der Waals surface area contributed by atoms with E-state index in [4.69, 9.17) is 4.74 Å². The van der Waals surface area contributed by atoms with Crippen LogP contribution in [0.25, 0.3) is 0 Å². The highest BCUT2D eigenvalue weighted by molar-refractivity contribution is 7.89. The molecule has 2 aliphatic heterocycles. The van der Waals surface area contributed by atoms with Crippen LogP contribution in [-0.2, 0) is 20.9 Å². The van der Waals surface area contributed by atoms with Crippen molar-refractivity contribution >= 4 is 10.0 Å². The topological polar surface area (TPSA) is 49.9 Å². The highest BCUT2D eigenvalue weighted by Crippen LogP contribution is 2.34. The second-order valence-electron chi connectivity index (χ2n) is 6.70. The molecule has 0 saturated carbocycles. The molecular formula is C16H21F3N2O3S. The van der Waals surface area contributed by atoms with Crippen molar-refractivity contribution in [3.8, 4) is 0 Å². The number of rotatable bonds is 2. The van der Waals surface area contributed by atoms with E-state index in [2.05, 4.69) is 4.90 Å². The van der Waals surface area contributed by atoms with Gasteiger partial charge in [0, 0.05) is 26.2 Å². The number of morpholine rings is 1. The van der Waals surface area contributed by atoms with E-state index in [1.807, 2.05) is 7.05 Å². The largest absolute Gasteiger partial charge is 0.416 e. The molecule has 0 N–H and O–H groups in total. The lowest BCUT2D eigenvalue weighted by atomic mass is 9.90. The van der Waals surface area contributed by atoms with Crippen LogP contribution < -0.4 is 0 Å². The number of nitrogens with zero attached hydrogens (tertiary/aromatic N) is 2. The molecule has 9 heteroatoms. The zero-order valence-corrected chi connectivity index (χ0v) is 14.7. The molecule has 5 nitrogen and oxygen atoms in total. The van der Waals surface area contributed by atoms with Crippen LogP contribution >= 0.6 is 0 Å². The molecule has 0 bridgehead atoms. The number of hydrogen-bond acceptors (Lipinski definition) is 4. The van der Waals surface area contributed by atoms with Gasteiger partial charge >= 0.3 is 6.18 Å². The van der Waals surface area contributed by atoms with Crippen LogP contribution in [0.1, 0.15) is 18.4 Å². The van der Waals surface area contributed by atoms with Crippen molar-refractivity contribution in [1.82, 2.24) is 9.21 Å². The average molecular weight is 378 g/mol. The molecule has 25 heavy (non-hydrogen) atoms. The summed E-state index contributed by atoms with van der Waals surface area (Å²) in [6.45, 7) is 2.67. The summed E-state index contributed by atoms with van der Waals surface area (Å²) < 4.78 is 71.1. The van der Waals surface area contributed by atoms with Gasteiger partial charge in [-0.05, 0) is 38.1 Å². The van der Waals surface area contributed by atoms with Gasteiger partial charge in [0.15, 0.2) is 0 Å². The van der Waals surface area contributed by atoms with Crippen molar-refractivity contribution in [2.45, 2.75) is 29.5 Å². The van der Waals surface area contributed by atoms with E-state index in [-0.39, 0.29) is 23.6 Å². The number of likely N-dealkylation sites (N-methyl/N-ethyl adjacent to an activating group) is 1. The molecule has 0 aromatic heterocycles. The number of hydrogen-bond donors (Lipinski definition) is 0. The van der Waals surface area contributed by atoms with Crippen molar-refractivity contribution in [3.05, 3.63) is 29.8 Å². The summed E-state index contributed by atoms with van der Waals surface area (Å²) in [5, 5.41) is 0. The fourth-order valence-electron chi connectivity index (χ4n) is 3.45. The molecule has 2 aliphatic rings. The summed E-state index contributed by atoms with van der Waals surface area (Å²) in [5.41, 5.74) is -1.31. The summed E-state index contributed by atoms with van der Waals surface area (Å²) in [7, 11) is -1.95. The molecule has 2 fully saturated rings. The normalized spacial score (nSPS) is 23.0. The van der Waals surface area contributed by atoms with Crippen LogP contribution in [0.4, 0.5) is 13.2 Å². The Balaban J connectivity index is 1.76. The minimum Gasteiger partial charge on any atom is -0.372 e. The van der Waals surface area contributed by atoms with Gasteiger partial charge in [0.05, 0.1) is 22.7 Å². The van der Waals surface area contributed by atoms with Gasteiger partial charge < -0.3 is 9.64 Å². The molecular weight excluding hydrogens is 357 g/mol. The standard InChI is InChI=1S/C16H21F3N2O3S/c1-20-9-10-24-15(12-20)5-7-21(8-6-15)25(22,23)14-4-2-3-13(11-14)16(17,18)19/h2-4,11H,5-10,12H2,1H3. The fourth-order valence-corrected chi connectivity index (χ4v) is 4.94. The number of piperidine rings is 1. The van der Waals surface area contributed by atoms with Gasteiger partial charge in [-0.2, -0.15) is 17.5 Å². The predicted molar refractivity (Wildman–Crippen MR) is 85.6 cm³/mol. The first-order chi connectivity index (χ1) is 11.6. The molecule has 0 amide bonds. The lowest BCUT2D eigenvalue weighted by molar-refractivity contribution is -0.137. The quantitative estimate of drug-likeness (QED) is 0.792. The first-order valence-corrected chi connectivity index (χ1v) is 9.56. The Hall–Kier alpha value is -1.16. The van der Waals surface area contributed by atoms with Gasteiger partial charge in [0.1, 0.15) is 0 Å². The summed E-state index contributed by atoms with van der Waals surface area (Å²) in [4.78, 5) is 1.83. The molecule has 2 heterocycles. The van der Waals surface area contributed by atoms with Crippen LogP contribution in [0.5, 0.6) is 0 Å². The zero-order chi connectivity index (χ0) is 18.3. The Kier molecular flexibility index (Phi) is 4.87. The van der Waals surface area contributed by atoms with Crippen LogP contribution in [0.3, 0.4) is 0 Å². The maximum absolute atomic E-state index is 12.8. The molecule has 0 aliphatic carbocycles. The van der Waals surface area contributed by atoms with Crippen molar-refractivity contribution in [2.24, 2.45) is 0 Å². The second-order valence-corrected chi connectivity index (χ2v) is 8.64. The maximum atomic E-state index is 12.8. The minimum atomic E-state index is -4.57. The van der Waals surface area contributed by atoms with E-state index >= 15 is 0 Å². The molecule has 0 unspecified atom stereocenters. The lowest BCUT2D eigenvalue weighted by Gasteiger charge is -2.46. The molecule has 3 rings (SSSR count). The zero-order valence-electron chi connectivity index (χ0n) is 13.9. The van der Waals surface area contributed by atoms with Crippen molar-refractivity contribution in [3.63, 3.8) is 0 Å². The number of ether oxygens (including phenoxy) is 1. The number of alkyl halides is 3. The Labute approximate surface area is 145 Å². The lowest BCUT2D eigenvalue weighted by Crippen LogP contribution is -2.56. The number of sulfonamides is 1. The molecule has 1 aromatic rings. The Morgan fingerprint density at radius 3 is 2.44 bits per heavy atom. The first kappa shape index (κ1) is 18.6. The monoisotopic (exact) mass is 378 g/mol. The third-order valence-corrected chi connectivity index (χ3v) is 6.77. The predicted octanol–water partition coefficient (Wildman–Crippen LogP) is 2.19. The first-order valence-electron chi connectivity index (χ1n) is 8.12. The van der Waals surface area contributed by atoms with Crippen LogP contribution in [0, 0.1) is 0 Å².